The van der Waals surface area contributed by atoms with Gasteiger partial charge in [0.25, 0.3) is 5.91 Å². The Kier molecular flexibility index (Phi) is 9.52. The molecule has 0 unspecified atom stereocenters. The minimum Gasteiger partial charge on any atom is -0.491 e. The zero-order chi connectivity index (χ0) is 25.0. The molecule has 1 aliphatic heterocycles. The molecule has 0 aliphatic carbocycles. The number of benzene rings is 1. The van der Waals surface area contributed by atoms with Crippen LogP contribution in [-0.2, 0) is 20.8 Å². The number of ether oxygens (including phenoxy) is 1. The van der Waals surface area contributed by atoms with Crippen LogP contribution in [-0.4, -0.2) is 77.3 Å². The van der Waals surface area contributed by atoms with Crippen molar-refractivity contribution in [1.29, 1.82) is 0 Å². The van der Waals surface area contributed by atoms with E-state index < -0.39 is 17.9 Å². The molecular formula is C24H30N6O5. The Morgan fingerprint density at radius 1 is 1.23 bits per heavy atom. The quantitative estimate of drug-likeness (QED) is 0.547. The maximum atomic E-state index is 13.1. The summed E-state index contributed by atoms with van der Waals surface area (Å²) in [6.45, 7) is 2.68. The van der Waals surface area contributed by atoms with Gasteiger partial charge in [-0.2, -0.15) is 0 Å². The summed E-state index contributed by atoms with van der Waals surface area (Å²) in [5, 5.41) is 8.25. The normalized spacial score (nSPS) is 17.7. The summed E-state index contributed by atoms with van der Waals surface area (Å²) in [5.74, 6) is -1.16. The van der Waals surface area contributed by atoms with Gasteiger partial charge in [0.1, 0.15) is 18.4 Å². The topological polar surface area (TPSA) is 143 Å². The Morgan fingerprint density at radius 3 is 2.83 bits per heavy atom. The summed E-state index contributed by atoms with van der Waals surface area (Å²) in [6.07, 6.45) is 5.28. The van der Waals surface area contributed by atoms with Gasteiger partial charge in [0.05, 0.1) is 24.3 Å². The van der Waals surface area contributed by atoms with Crippen molar-refractivity contribution in [2.75, 3.05) is 32.8 Å². The van der Waals surface area contributed by atoms with Gasteiger partial charge in [0.15, 0.2) is 0 Å². The number of hydrogen-bond donors (Lipinski definition) is 3. The van der Waals surface area contributed by atoms with Crippen LogP contribution in [0.4, 0.5) is 0 Å². The van der Waals surface area contributed by atoms with Crippen molar-refractivity contribution in [3.05, 3.63) is 54.1 Å². The molecule has 3 N–H and O–H groups in total. The van der Waals surface area contributed by atoms with Crippen LogP contribution in [0.1, 0.15) is 35.8 Å². The van der Waals surface area contributed by atoms with Crippen LogP contribution in [0, 0.1) is 0 Å². The summed E-state index contributed by atoms with van der Waals surface area (Å²) >= 11 is 0. The molecule has 4 amide bonds. The number of para-hydroxylation sites is 1. The molecule has 35 heavy (non-hydrogen) atoms. The molecular weight excluding hydrogens is 452 g/mol. The average molecular weight is 483 g/mol. The number of amides is 4. The van der Waals surface area contributed by atoms with E-state index in [0.29, 0.717) is 25.3 Å². The average Bonchev–Trinajstić information content (AvgIpc) is 2.87. The maximum Gasteiger partial charge on any atom is 0.255 e. The lowest BCUT2D eigenvalue weighted by atomic mass is 10.1. The van der Waals surface area contributed by atoms with E-state index in [4.69, 9.17) is 4.74 Å². The number of aromatic nitrogens is 2. The molecule has 2 aromatic rings. The van der Waals surface area contributed by atoms with Crippen molar-refractivity contribution < 1.29 is 23.9 Å². The number of likely N-dealkylation sites (N-methyl/N-ethyl adjacent to an activating group) is 1. The van der Waals surface area contributed by atoms with Gasteiger partial charge in [-0.3, -0.25) is 29.1 Å². The summed E-state index contributed by atoms with van der Waals surface area (Å²) in [6, 6.07) is 5.70. The summed E-state index contributed by atoms with van der Waals surface area (Å²) in [5.41, 5.74) is 0.976. The first-order valence-corrected chi connectivity index (χ1v) is 11.6. The lowest BCUT2D eigenvalue weighted by molar-refractivity contribution is -0.136. The third-order valence-electron chi connectivity index (χ3n) is 5.45. The second-order valence-corrected chi connectivity index (χ2v) is 7.90. The van der Waals surface area contributed by atoms with Crippen molar-refractivity contribution >= 4 is 23.6 Å². The molecule has 1 atom stereocenters. The fraction of sp³-hybridized carbons (Fsp3) is 0.417. The van der Waals surface area contributed by atoms with E-state index in [0.717, 1.165) is 5.69 Å². The highest BCUT2D eigenvalue weighted by atomic mass is 16.5. The Bertz CT molecular complexity index is 1030. The van der Waals surface area contributed by atoms with E-state index in [1.807, 2.05) is 0 Å². The monoisotopic (exact) mass is 482 g/mol. The summed E-state index contributed by atoms with van der Waals surface area (Å²) in [4.78, 5) is 60.6. The number of nitrogens with one attached hydrogen (secondary N) is 3. The van der Waals surface area contributed by atoms with E-state index >= 15 is 0 Å². The highest BCUT2D eigenvalue weighted by Crippen LogP contribution is 2.18. The first kappa shape index (κ1) is 25.6. The first-order valence-electron chi connectivity index (χ1n) is 11.6. The highest BCUT2D eigenvalue weighted by molar-refractivity contribution is 5.99. The number of rotatable bonds is 5. The van der Waals surface area contributed by atoms with Gasteiger partial charge in [-0.1, -0.05) is 12.1 Å². The Morgan fingerprint density at radius 2 is 2.06 bits per heavy atom. The van der Waals surface area contributed by atoms with Crippen molar-refractivity contribution in [3.8, 4) is 5.75 Å². The molecule has 0 saturated carbocycles. The smallest absolute Gasteiger partial charge is 0.255 e. The molecule has 0 fully saturated rings. The number of nitrogens with zero attached hydrogens (tertiary/aromatic N) is 3. The molecule has 0 spiro atoms. The van der Waals surface area contributed by atoms with Crippen LogP contribution in [0.3, 0.4) is 0 Å². The minimum atomic E-state index is -0.959. The molecule has 1 aliphatic rings. The van der Waals surface area contributed by atoms with Crippen molar-refractivity contribution in [3.63, 3.8) is 0 Å². The van der Waals surface area contributed by atoms with Crippen molar-refractivity contribution in [2.45, 2.75) is 32.2 Å². The Labute approximate surface area is 203 Å². The zero-order valence-electron chi connectivity index (χ0n) is 19.7. The van der Waals surface area contributed by atoms with Gasteiger partial charge < -0.3 is 25.6 Å². The van der Waals surface area contributed by atoms with Gasteiger partial charge in [0.2, 0.25) is 17.7 Å². The number of fused-ring (bicyclic) bond motifs is 1. The molecule has 186 valence electrons. The van der Waals surface area contributed by atoms with E-state index in [-0.39, 0.29) is 49.9 Å². The Balaban J connectivity index is 1.76. The van der Waals surface area contributed by atoms with E-state index in [1.54, 1.807) is 49.8 Å². The molecule has 1 aromatic heterocycles. The third-order valence-corrected chi connectivity index (χ3v) is 5.45. The van der Waals surface area contributed by atoms with Crippen molar-refractivity contribution in [2.24, 2.45) is 0 Å². The maximum absolute atomic E-state index is 13.1. The van der Waals surface area contributed by atoms with E-state index in [9.17, 15) is 19.2 Å². The van der Waals surface area contributed by atoms with Crippen LogP contribution in [0.2, 0.25) is 0 Å². The molecule has 11 nitrogen and oxygen atoms in total. The number of hydrogen-bond acceptors (Lipinski definition) is 7. The van der Waals surface area contributed by atoms with Gasteiger partial charge in [-0.05, 0) is 25.5 Å². The first-order chi connectivity index (χ1) is 17.0. The number of carbonyl (C=O) groups excluding carboxylic acids is 4. The van der Waals surface area contributed by atoms with Crippen molar-refractivity contribution in [1.82, 2.24) is 30.8 Å². The number of carbonyl (C=O) groups is 4. The standard InChI is InChI=1S/C24H30N6O5/c1-2-30-16-21(31)27-13-14-35-20-6-4-3-5-18(20)23(33)29-19(7-8-22(30)32)24(34)28-10-9-17-15-25-11-12-26-17/h3-6,11-12,15,19H,2,7-10,13-14,16H2,1H3,(H,27,31)(H,28,34)(H,29,33)/t19-/m0/s1. The fourth-order valence-electron chi connectivity index (χ4n) is 3.56. The molecule has 11 heteroatoms. The lowest BCUT2D eigenvalue weighted by Gasteiger charge is -2.22. The van der Waals surface area contributed by atoms with Crippen LogP contribution in [0.25, 0.3) is 0 Å². The SMILES string of the molecule is CCN1CC(=O)NCCOc2ccccc2C(=O)N[C@H](C(=O)NCCc2cnccn2)CCC1=O. The second kappa shape index (κ2) is 13.0. The van der Waals surface area contributed by atoms with Gasteiger partial charge in [-0.15, -0.1) is 0 Å². The van der Waals surface area contributed by atoms with Crippen LogP contribution >= 0.6 is 0 Å². The molecule has 3 rings (SSSR count). The predicted octanol–water partition coefficient (Wildman–Crippen LogP) is 0.0712. The van der Waals surface area contributed by atoms with E-state index in [1.165, 1.54) is 4.90 Å². The highest BCUT2D eigenvalue weighted by Gasteiger charge is 2.25. The predicted molar refractivity (Wildman–Crippen MR) is 126 cm³/mol. The Hall–Kier alpha value is -4.02. The molecule has 2 heterocycles. The lowest BCUT2D eigenvalue weighted by Crippen LogP contribution is -2.48. The summed E-state index contributed by atoms with van der Waals surface area (Å²) < 4.78 is 5.70. The third kappa shape index (κ3) is 7.76. The largest absolute Gasteiger partial charge is 0.491 e. The second-order valence-electron chi connectivity index (χ2n) is 7.90. The van der Waals surface area contributed by atoms with Gasteiger partial charge in [-0.25, -0.2) is 0 Å². The van der Waals surface area contributed by atoms with Crippen LogP contribution in [0.15, 0.2) is 42.9 Å². The molecule has 0 radical (unpaired) electrons. The molecule has 0 saturated heterocycles. The van der Waals surface area contributed by atoms with Crippen LogP contribution < -0.4 is 20.7 Å². The zero-order valence-corrected chi connectivity index (χ0v) is 19.7. The minimum absolute atomic E-state index is 0.0121. The fourth-order valence-corrected chi connectivity index (χ4v) is 3.56. The molecule has 1 aromatic carbocycles. The summed E-state index contributed by atoms with van der Waals surface area (Å²) in [7, 11) is 0. The van der Waals surface area contributed by atoms with Crippen LogP contribution in [0.5, 0.6) is 5.75 Å². The van der Waals surface area contributed by atoms with Gasteiger partial charge >= 0.3 is 0 Å². The molecule has 0 bridgehead atoms. The van der Waals surface area contributed by atoms with Gasteiger partial charge in [0, 0.05) is 44.5 Å². The van der Waals surface area contributed by atoms with E-state index in [2.05, 4.69) is 25.9 Å².